The van der Waals surface area contributed by atoms with Crippen LogP contribution in [-0.4, -0.2) is 4.98 Å². The number of benzene rings is 8. The summed E-state index contributed by atoms with van der Waals surface area (Å²) in [7, 11) is 0. The van der Waals surface area contributed by atoms with E-state index < -0.39 is 0 Å². The first-order chi connectivity index (χ1) is 25.7. The third-order valence-corrected chi connectivity index (χ3v) is 10.1. The molecule has 0 bridgehead atoms. The predicted octanol–water partition coefficient (Wildman–Crippen LogP) is 13.6. The molecule has 0 saturated heterocycles. The largest absolute Gasteiger partial charge is 0.456 e. The van der Waals surface area contributed by atoms with E-state index in [4.69, 9.17) is 18.2 Å². The van der Waals surface area contributed by atoms with Gasteiger partial charge in [0.25, 0.3) is 0 Å². The number of rotatable bonds is 5. The molecule has 5 heteroatoms. The van der Waals surface area contributed by atoms with Crippen molar-refractivity contribution in [2.24, 2.45) is 0 Å². The minimum absolute atomic E-state index is 0.566. The summed E-state index contributed by atoms with van der Waals surface area (Å²) in [6.45, 7) is 0. The molecule has 0 atom stereocenters. The zero-order chi connectivity index (χ0) is 34.2. The molecule has 0 fully saturated rings. The Bertz CT molecular complexity index is 3130. The number of hydrogen-bond donors (Lipinski definition) is 0. The smallest absolute Gasteiger partial charge is 0.227 e. The number of anilines is 3. The van der Waals surface area contributed by atoms with Crippen LogP contribution in [0.2, 0.25) is 0 Å². The van der Waals surface area contributed by atoms with Crippen molar-refractivity contribution in [2.45, 2.75) is 0 Å². The van der Waals surface area contributed by atoms with E-state index in [1.54, 1.807) is 0 Å². The van der Waals surface area contributed by atoms with Crippen LogP contribution in [0.5, 0.6) is 0 Å². The highest BCUT2D eigenvalue weighted by atomic mass is 16.4. The van der Waals surface area contributed by atoms with Crippen molar-refractivity contribution in [2.75, 3.05) is 4.90 Å². The van der Waals surface area contributed by atoms with Crippen LogP contribution in [0.1, 0.15) is 0 Å². The summed E-state index contributed by atoms with van der Waals surface area (Å²) in [5.41, 5.74) is 11.2. The lowest BCUT2D eigenvalue weighted by Crippen LogP contribution is -2.09. The van der Waals surface area contributed by atoms with Gasteiger partial charge >= 0.3 is 0 Å². The maximum absolute atomic E-state index is 6.47. The number of oxazole rings is 1. The van der Waals surface area contributed by atoms with E-state index in [1.165, 1.54) is 21.9 Å². The lowest BCUT2D eigenvalue weighted by molar-refractivity contribution is 0.622. The Morgan fingerprint density at radius 1 is 0.404 bits per heavy atom. The molecule has 0 spiro atoms. The number of aromatic nitrogens is 1. The molecule has 5 nitrogen and oxygen atoms in total. The second kappa shape index (κ2) is 11.2. The summed E-state index contributed by atoms with van der Waals surface area (Å²) in [5.74, 6) is 0.566. The fourth-order valence-electron chi connectivity index (χ4n) is 7.64. The van der Waals surface area contributed by atoms with E-state index in [1.807, 2.05) is 42.5 Å². The molecule has 0 amide bonds. The van der Waals surface area contributed by atoms with Crippen LogP contribution in [-0.2, 0) is 0 Å². The molecule has 3 heterocycles. The lowest BCUT2D eigenvalue weighted by Gasteiger charge is -2.26. The van der Waals surface area contributed by atoms with Crippen LogP contribution in [0, 0.1) is 0 Å². The topological polar surface area (TPSA) is 55.6 Å². The van der Waals surface area contributed by atoms with Crippen LogP contribution >= 0.6 is 0 Å². The van der Waals surface area contributed by atoms with E-state index in [0.717, 1.165) is 77.6 Å². The zero-order valence-corrected chi connectivity index (χ0v) is 27.8. The zero-order valence-electron chi connectivity index (χ0n) is 27.8. The van der Waals surface area contributed by atoms with E-state index in [-0.39, 0.29) is 0 Å². The van der Waals surface area contributed by atoms with Crippen molar-refractivity contribution >= 4 is 82.8 Å². The average molecular weight is 669 g/mol. The highest BCUT2D eigenvalue weighted by Crippen LogP contribution is 2.41. The van der Waals surface area contributed by atoms with Crippen molar-refractivity contribution in [1.82, 2.24) is 4.98 Å². The molecule has 0 aliphatic rings. The van der Waals surface area contributed by atoms with Gasteiger partial charge in [-0.3, -0.25) is 0 Å². The van der Waals surface area contributed by atoms with E-state index in [9.17, 15) is 0 Å². The van der Waals surface area contributed by atoms with Crippen LogP contribution in [0.25, 0.3) is 88.3 Å². The molecule has 11 aromatic rings. The van der Waals surface area contributed by atoms with E-state index in [2.05, 4.69) is 132 Å². The van der Waals surface area contributed by atoms with Gasteiger partial charge in [-0.05, 0) is 101 Å². The number of hydrogen-bond acceptors (Lipinski definition) is 5. The molecule has 0 aliphatic carbocycles. The molecular weight excluding hydrogens is 641 g/mol. The van der Waals surface area contributed by atoms with Gasteiger partial charge in [0.05, 0.1) is 5.39 Å². The maximum Gasteiger partial charge on any atom is 0.227 e. The van der Waals surface area contributed by atoms with Gasteiger partial charge in [-0.2, -0.15) is 0 Å². The van der Waals surface area contributed by atoms with Crippen molar-refractivity contribution in [1.29, 1.82) is 0 Å². The molecule has 0 N–H and O–H groups in total. The molecule has 3 aromatic heterocycles. The standard InChI is InChI=1S/C47H28N2O3/c1-2-10-35-29(8-1)9-7-13-36(35)30-16-20-32(21-17-30)49(34-24-26-43-39(28-34)37-11-3-5-14-41(37)50-43)33-22-18-31(19-23-33)47-48-40-25-27-44-45(46(40)52-47)38-12-4-6-15-42(38)51-44/h1-28H. The summed E-state index contributed by atoms with van der Waals surface area (Å²) in [4.78, 5) is 7.18. The van der Waals surface area contributed by atoms with Crippen molar-refractivity contribution < 1.29 is 13.3 Å². The van der Waals surface area contributed by atoms with Crippen molar-refractivity contribution in [3.05, 3.63) is 170 Å². The first kappa shape index (κ1) is 28.7. The SMILES string of the molecule is c1ccc2c(-c3ccc(N(c4ccc(-c5nc6ccc7oc8ccccc8c7c6o5)cc4)c4ccc5oc6ccccc6c5c4)cc3)cccc2c1. The third kappa shape index (κ3) is 4.46. The van der Waals surface area contributed by atoms with Gasteiger partial charge < -0.3 is 18.2 Å². The first-order valence-corrected chi connectivity index (χ1v) is 17.4. The molecule has 11 rings (SSSR count). The number of nitrogens with zero attached hydrogens (tertiary/aromatic N) is 2. The van der Waals surface area contributed by atoms with Crippen LogP contribution < -0.4 is 4.90 Å². The van der Waals surface area contributed by atoms with E-state index in [0.29, 0.717) is 5.89 Å². The van der Waals surface area contributed by atoms with Gasteiger partial charge in [0.2, 0.25) is 5.89 Å². The summed E-state index contributed by atoms with van der Waals surface area (Å²) < 4.78 is 18.8. The second-order valence-corrected chi connectivity index (χ2v) is 13.1. The number of furan rings is 2. The molecule has 0 unspecified atom stereocenters. The van der Waals surface area contributed by atoms with Crippen LogP contribution in [0.3, 0.4) is 0 Å². The van der Waals surface area contributed by atoms with Crippen LogP contribution in [0.15, 0.2) is 183 Å². The molecule has 0 radical (unpaired) electrons. The Morgan fingerprint density at radius 3 is 1.81 bits per heavy atom. The van der Waals surface area contributed by atoms with Crippen molar-refractivity contribution in [3.8, 4) is 22.6 Å². The second-order valence-electron chi connectivity index (χ2n) is 13.1. The summed E-state index contributed by atoms with van der Waals surface area (Å²) in [5, 5.41) is 6.61. The summed E-state index contributed by atoms with van der Waals surface area (Å²) in [6.07, 6.45) is 0. The number of para-hydroxylation sites is 2. The normalized spacial score (nSPS) is 11.8. The van der Waals surface area contributed by atoms with E-state index >= 15 is 0 Å². The molecule has 0 saturated carbocycles. The average Bonchev–Trinajstić information content (AvgIpc) is 3.92. The van der Waals surface area contributed by atoms with Gasteiger partial charge in [0.1, 0.15) is 27.8 Å². The fraction of sp³-hybridized carbons (Fsp3) is 0. The summed E-state index contributed by atoms with van der Waals surface area (Å²) >= 11 is 0. The lowest BCUT2D eigenvalue weighted by atomic mass is 9.98. The molecule has 8 aromatic carbocycles. The Morgan fingerprint density at radius 2 is 1.00 bits per heavy atom. The van der Waals surface area contributed by atoms with Crippen molar-refractivity contribution in [3.63, 3.8) is 0 Å². The first-order valence-electron chi connectivity index (χ1n) is 17.4. The minimum atomic E-state index is 0.566. The van der Waals surface area contributed by atoms with Gasteiger partial charge in [0.15, 0.2) is 5.58 Å². The maximum atomic E-state index is 6.47. The molecular formula is C47H28N2O3. The fourth-order valence-corrected chi connectivity index (χ4v) is 7.64. The molecule has 244 valence electrons. The Labute approximate surface area is 297 Å². The highest BCUT2D eigenvalue weighted by molar-refractivity contribution is 6.16. The third-order valence-electron chi connectivity index (χ3n) is 10.1. The Kier molecular flexibility index (Phi) is 6.18. The highest BCUT2D eigenvalue weighted by Gasteiger charge is 2.19. The monoisotopic (exact) mass is 668 g/mol. The predicted molar refractivity (Wildman–Crippen MR) is 212 cm³/mol. The minimum Gasteiger partial charge on any atom is -0.456 e. The van der Waals surface area contributed by atoms with Gasteiger partial charge in [0, 0.05) is 38.8 Å². The van der Waals surface area contributed by atoms with Gasteiger partial charge in [-0.1, -0.05) is 91.0 Å². The van der Waals surface area contributed by atoms with Crippen LogP contribution in [0.4, 0.5) is 17.1 Å². The van der Waals surface area contributed by atoms with Gasteiger partial charge in [-0.15, -0.1) is 0 Å². The quantitative estimate of drug-likeness (QED) is 0.183. The Hall–Kier alpha value is -7.11. The number of fused-ring (bicyclic) bond motifs is 9. The summed E-state index contributed by atoms with van der Waals surface area (Å²) in [6, 6.07) is 58.8. The van der Waals surface area contributed by atoms with Gasteiger partial charge in [-0.25, -0.2) is 4.98 Å². The molecule has 0 aliphatic heterocycles. The molecule has 52 heavy (non-hydrogen) atoms. The Balaban J connectivity index is 1.03.